The van der Waals surface area contributed by atoms with Gasteiger partial charge in [-0.2, -0.15) is 0 Å². The molecule has 28 heavy (non-hydrogen) atoms. The second-order valence-electron chi connectivity index (χ2n) is 6.14. The van der Waals surface area contributed by atoms with Gasteiger partial charge in [0, 0.05) is 29.1 Å². The number of pyridine rings is 1. The Labute approximate surface area is 169 Å². The minimum atomic E-state index is -0.204. The number of amides is 1. The molecule has 0 saturated heterocycles. The monoisotopic (exact) mass is 395 g/mol. The molecule has 0 radical (unpaired) electrons. The molecule has 3 rings (SSSR count). The molecule has 1 amide bonds. The molecule has 1 aromatic heterocycles. The maximum atomic E-state index is 12.4. The largest absolute Gasteiger partial charge is 0.494 e. The Morgan fingerprint density at radius 2 is 1.79 bits per heavy atom. The highest BCUT2D eigenvalue weighted by molar-refractivity contribution is 6.30. The van der Waals surface area contributed by atoms with Crippen molar-refractivity contribution < 1.29 is 9.53 Å². The van der Waals surface area contributed by atoms with Crippen molar-refractivity contribution in [3.8, 4) is 5.75 Å². The zero-order valence-electron chi connectivity index (χ0n) is 15.6. The molecule has 0 atom stereocenters. The van der Waals surface area contributed by atoms with Crippen LogP contribution in [0.15, 0.2) is 66.9 Å². The molecule has 0 fully saturated rings. The van der Waals surface area contributed by atoms with E-state index in [1.165, 1.54) is 0 Å². The molecule has 2 aromatic carbocycles. The van der Waals surface area contributed by atoms with Crippen LogP contribution in [0.3, 0.4) is 0 Å². The van der Waals surface area contributed by atoms with Gasteiger partial charge in [-0.05, 0) is 67.4 Å². The average molecular weight is 396 g/mol. The van der Waals surface area contributed by atoms with Gasteiger partial charge in [-0.1, -0.05) is 23.7 Å². The summed E-state index contributed by atoms with van der Waals surface area (Å²) in [4.78, 5) is 16.5. The van der Waals surface area contributed by atoms with Crippen LogP contribution in [0.4, 0.5) is 11.4 Å². The summed E-state index contributed by atoms with van der Waals surface area (Å²) in [5.41, 5.74) is 3.18. The van der Waals surface area contributed by atoms with Crippen LogP contribution in [0.25, 0.3) is 0 Å². The summed E-state index contributed by atoms with van der Waals surface area (Å²) >= 11 is 5.88. The number of rotatable bonds is 8. The van der Waals surface area contributed by atoms with Crippen LogP contribution < -0.4 is 15.4 Å². The van der Waals surface area contributed by atoms with Crippen molar-refractivity contribution in [3.05, 3.63) is 83.1 Å². The van der Waals surface area contributed by atoms with Crippen LogP contribution in [0.2, 0.25) is 5.02 Å². The summed E-state index contributed by atoms with van der Waals surface area (Å²) < 4.78 is 5.44. The highest BCUT2D eigenvalue weighted by Crippen LogP contribution is 2.20. The number of nitrogens with one attached hydrogen (secondary N) is 2. The molecule has 0 spiro atoms. The van der Waals surface area contributed by atoms with E-state index in [1.807, 2.05) is 61.5 Å². The normalized spacial score (nSPS) is 10.4. The van der Waals surface area contributed by atoms with Gasteiger partial charge >= 0.3 is 0 Å². The van der Waals surface area contributed by atoms with E-state index in [0.29, 0.717) is 23.9 Å². The van der Waals surface area contributed by atoms with Crippen molar-refractivity contribution in [1.82, 2.24) is 10.3 Å². The second kappa shape index (κ2) is 9.76. The third-order valence-corrected chi connectivity index (χ3v) is 4.31. The van der Waals surface area contributed by atoms with E-state index in [0.717, 1.165) is 29.1 Å². The predicted molar refractivity (Wildman–Crippen MR) is 113 cm³/mol. The Kier molecular flexibility index (Phi) is 6.87. The quantitative estimate of drug-likeness (QED) is 0.572. The molecule has 0 saturated carbocycles. The highest BCUT2D eigenvalue weighted by Gasteiger charge is 2.08. The van der Waals surface area contributed by atoms with Crippen LogP contribution in [0, 0.1) is 0 Å². The molecule has 6 heteroatoms. The lowest BCUT2D eigenvalue weighted by atomic mass is 10.1. The van der Waals surface area contributed by atoms with Crippen LogP contribution in [-0.2, 0) is 6.42 Å². The van der Waals surface area contributed by atoms with Crippen molar-refractivity contribution in [1.29, 1.82) is 0 Å². The molecule has 0 aliphatic rings. The molecule has 0 bridgehead atoms. The van der Waals surface area contributed by atoms with Crippen molar-refractivity contribution in [2.45, 2.75) is 13.3 Å². The maximum absolute atomic E-state index is 12.4. The lowest BCUT2D eigenvalue weighted by Crippen LogP contribution is -2.26. The number of hydrogen-bond acceptors (Lipinski definition) is 4. The first-order valence-corrected chi connectivity index (χ1v) is 9.50. The minimum Gasteiger partial charge on any atom is -0.494 e. The van der Waals surface area contributed by atoms with Gasteiger partial charge < -0.3 is 15.4 Å². The topological polar surface area (TPSA) is 63.2 Å². The summed E-state index contributed by atoms with van der Waals surface area (Å²) in [6.07, 6.45) is 2.35. The van der Waals surface area contributed by atoms with E-state index >= 15 is 0 Å². The Bertz CT molecular complexity index is 912. The van der Waals surface area contributed by atoms with E-state index in [1.54, 1.807) is 12.3 Å². The lowest BCUT2D eigenvalue weighted by molar-refractivity contribution is 0.0949. The summed E-state index contributed by atoms with van der Waals surface area (Å²) in [6.45, 7) is 3.11. The van der Waals surface area contributed by atoms with Crippen LogP contribution in [0.1, 0.15) is 23.0 Å². The molecule has 0 aliphatic carbocycles. The molecule has 144 valence electrons. The zero-order chi connectivity index (χ0) is 19.8. The number of nitrogens with zero attached hydrogens (tertiary/aromatic N) is 1. The number of anilines is 2. The van der Waals surface area contributed by atoms with Crippen LogP contribution in [0.5, 0.6) is 5.75 Å². The fourth-order valence-electron chi connectivity index (χ4n) is 2.66. The molecule has 0 unspecified atom stereocenters. The number of hydrogen-bond donors (Lipinski definition) is 2. The van der Waals surface area contributed by atoms with Crippen LogP contribution >= 0.6 is 11.6 Å². The van der Waals surface area contributed by atoms with Crippen molar-refractivity contribution >= 4 is 28.9 Å². The summed E-state index contributed by atoms with van der Waals surface area (Å²) in [6, 6.07) is 18.8. The van der Waals surface area contributed by atoms with Gasteiger partial charge in [0.15, 0.2) is 0 Å². The van der Waals surface area contributed by atoms with Gasteiger partial charge in [-0.15, -0.1) is 0 Å². The van der Waals surface area contributed by atoms with Gasteiger partial charge in [0.1, 0.15) is 11.4 Å². The first kappa shape index (κ1) is 19.7. The predicted octanol–water partition coefficient (Wildman–Crippen LogP) is 4.85. The number of ether oxygens (including phenoxy) is 1. The minimum absolute atomic E-state index is 0.204. The number of benzene rings is 2. The Morgan fingerprint density at radius 3 is 2.50 bits per heavy atom. The van der Waals surface area contributed by atoms with E-state index in [4.69, 9.17) is 16.3 Å². The average Bonchev–Trinajstić information content (AvgIpc) is 2.71. The van der Waals surface area contributed by atoms with E-state index in [-0.39, 0.29) is 5.91 Å². The smallest absolute Gasteiger partial charge is 0.269 e. The highest BCUT2D eigenvalue weighted by atomic mass is 35.5. The van der Waals surface area contributed by atoms with Crippen molar-refractivity contribution in [2.24, 2.45) is 0 Å². The van der Waals surface area contributed by atoms with Gasteiger partial charge in [-0.3, -0.25) is 9.78 Å². The Hall–Kier alpha value is -3.05. The van der Waals surface area contributed by atoms with E-state index < -0.39 is 0 Å². The third kappa shape index (κ3) is 5.72. The first-order valence-electron chi connectivity index (χ1n) is 9.12. The van der Waals surface area contributed by atoms with Crippen LogP contribution in [-0.4, -0.2) is 24.0 Å². The molecule has 0 aliphatic heterocycles. The summed E-state index contributed by atoms with van der Waals surface area (Å²) in [5, 5.41) is 6.87. The third-order valence-electron chi connectivity index (χ3n) is 4.06. The van der Waals surface area contributed by atoms with E-state index in [2.05, 4.69) is 15.6 Å². The molecular weight excluding hydrogens is 374 g/mol. The van der Waals surface area contributed by atoms with Crippen molar-refractivity contribution in [2.75, 3.05) is 18.5 Å². The Balaban J connectivity index is 1.55. The van der Waals surface area contributed by atoms with Crippen molar-refractivity contribution in [3.63, 3.8) is 0 Å². The fraction of sp³-hybridized carbons (Fsp3) is 0.182. The van der Waals surface area contributed by atoms with Gasteiger partial charge in [0.2, 0.25) is 0 Å². The molecular formula is C22H22ClN3O2. The Morgan fingerprint density at radius 1 is 1.04 bits per heavy atom. The SMILES string of the molecule is CCOc1ccc(Nc2ccnc(C(=O)NCCc3ccc(Cl)cc3)c2)cc1. The standard InChI is InChI=1S/C22H22ClN3O2/c1-2-28-20-9-7-18(8-10-20)26-19-12-14-24-21(15-19)22(27)25-13-11-16-3-5-17(23)6-4-16/h3-10,12,14-15H,2,11,13H2,1H3,(H,24,26)(H,25,27). The molecule has 1 heterocycles. The van der Waals surface area contributed by atoms with E-state index in [9.17, 15) is 4.79 Å². The number of carbonyl (C=O) groups is 1. The maximum Gasteiger partial charge on any atom is 0.269 e. The number of aromatic nitrogens is 1. The number of carbonyl (C=O) groups excluding carboxylic acids is 1. The number of halogens is 1. The molecule has 3 aromatic rings. The lowest BCUT2D eigenvalue weighted by Gasteiger charge is -2.10. The summed E-state index contributed by atoms with van der Waals surface area (Å²) in [5.74, 6) is 0.618. The summed E-state index contributed by atoms with van der Waals surface area (Å²) in [7, 11) is 0. The zero-order valence-corrected chi connectivity index (χ0v) is 16.4. The van der Waals surface area contributed by atoms with Gasteiger partial charge in [0.05, 0.1) is 6.61 Å². The second-order valence-corrected chi connectivity index (χ2v) is 6.58. The molecule has 5 nitrogen and oxygen atoms in total. The fourth-order valence-corrected chi connectivity index (χ4v) is 2.79. The first-order chi connectivity index (χ1) is 13.6. The van der Waals surface area contributed by atoms with Gasteiger partial charge in [-0.25, -0.2) is 0 Å². The van der Waals surface area contributed by atoms with Gasteiger partial charge in [0.25, 0.3) is 5.91 Å². The molecule has 2 N–H and O–H groups in total.